The molecule has 0 bridgehead atoms. The third-order valence-electron chi connectivity index (χ3n) is 9.60. The molecule has 0 N–H and O–H groups in total. The Kier molecular flexibility index (Phi) is 6.77. The smallest absolute Gasteiger partial charge is 0.173 e. The largest absolute Gasteiger partial charge is 0.309 e. The van der Waals surface area contributed by atoms with Gasteiger partial charge in [0.2, 0.25) is 0 Å². The quantitative estimate of drug-likeness (QED) is 0.141. The van der Waals surface area contributed by atoms with Crippen molar-refractivity contribution in [3.05, 3.63) is 146 Å². The first-order valence-electron chi connectivity index (χ1n) is 16.1. The van der Waals surface area contributed by atoms with E-state index in [9.17, 15) is 0 Å². The molecule has 7 aromatic rings. The molecule has 9 rings (SSSR count). The van der Waals surface area contributed by atoms with Crippen LogP contribution in [0.25, 0.3) is 45.3 Å². The fraction of sp³-hybridized carbons (Fsp3) is 0.0488. The van der Waals surface area contributed by atoms with E-state index in [-0.39, 0.29) is 0 Å². The van der Waals surface area contributed by atoms with Gasteiger partial charge in [0, 0.05) is 42.4 Å². The zero-order chi connectivity index (χ0) is 32.5. The zero-order valence-electron chi connectivity index (χ0n) is 26.5. The number of rotatable bonds is 4. The summed E-state index contributed by atoms with van der Waals surface area (Å²) < 4.78 is 16.1. The maximum absolute atomic E-state index is 16.1. The number of aromatic nitrogens is 3. The lowest BCUT2D eigenvalue weighted by atomic mass is 10.1. The molecule has 230 valence electrons. The summed E-state index contributed by atoms with van der Waals surface area (Å²) in [7, 11) is -5.20. The molecule has 6 aromatic carbocycles. The Morgan fingerprint density at radius 3 is 1.69 bits per heavy atom. The fourth-order valence-corrected chi connectivity index (χ4v) is 15.0. The maximum atomic E-state index is 16.1. The van der Waals surface area contributed by atoms with E-state index in [0.29, 0.717) is 17.5 Å². The zero-order valence-corrected chi connectivity index (χ0v) is 29.2. The molecule has 3 heterocycles. The lowest BCUT2D eigenvalue weighted by molar-refractivity contribution is 0.592. The second-order valence-corrected chi connectivity index (χ2v) is 20.9. The van der Waals surface area contributed by atoms with Gasteiger partial charge in [-0.2, -0.15) is 0 Å². The van der Waals surface area contributed by atoms with Gasteiger partial charge < -0.3 is 4.57 Å². The average molecular weight is 672 g/mol. The van der Waals surface area contributed by atoms with E-state index in [1.807, 2.05) is 91.0 Å². The first-order chi connectivity index (χ1) is 23.4. The highest BCUT2D eigenvalue weighted by Crippen LogP contribution is 2.53. The third kappa shape index (κ3) is 4.51. The monoisotopic (exact) mass is 671 g/mol. The highest BCUT2D eigenvalue weighted by atomic mass is 32.2. The van der Waals surface area contributed by atoms with Gasteiger partial charge in [0.15, 0.2) is 24.6 Å². The first-order valence-corrected chi connectivity index (χ1v) is 21.6. The Morgan fingerprint density at radius 1 is 0.500 bits per heavy atom. The van der Waals surface area contributed by atoms with E-state index >= 15 is 4.57 Å². The minimum absolute atomic E-state index is 0.552. The molecule has 0 spiro atoms. The van der Waals surface area contributed by atoms with Crippen molar-refractivity contribution in [2.45, 2.75) is 22.9 Å². The molecule has 0 saturated heterocycles. The van der Waals surface area contributed by atoms with E-state index in [1.54, 1.807) is 11.8 Å². The van der Waals surface area contributed by atoms with Crippen LogP contribution in [0.4, 0.5) is 0 Å². The summed E-state index contributed by atoms with van der Waals surface area (Å²) in [6, 6.07) is 49.6. The number of fused-ring (bicyclic) bond motifs is 5. The van der Waals surface area contributed by atoms with Crippen LogP contribution in [-0.2, 0) is 4.57 Å². The van der Waals surface area contributed by atoms with Gasteiger partial charge in [-0.05, 0) is 45.8 Å². The molecule has 1 unspecified atom stereocenters. The van der Waals surface area contributed by atoms with Crippen LogP contribution in [0.3, 0.4) is 0 Å². The standard InChI is InChI=1S/C41H30N3OPSSi/c1-48(2)37-21-13-12-20-31(37)32-25-34-36(26-38(32)48)47-35-23-22-29(24-33(35)46(34,45)30-18-10-5-11-19-30)41-43-39(27-14-6-3-7-15-27)42-40(44-41)28-16-8-4-9-17-28/h3-26H,1-2H3. The normalized spacial score (nSPS) is 16.8. The third-order valence-corrected chi connectivity index (χ3v) is 17.7. The van der Waals surface area contributed by atoms with E-state index in [1.165, 1.54) is 21.5 Å². The summed E-state index contributed by atoms with van der Waals surface area (Å²) in [6.07, 6.45) is 0. The Hall–Kier alpha value is -4.87. The number of hydrogen-bond acceptors (Lipinski definition) is 5. The first kappa shape index (κ1) is 29.3. The van der Waals surface area contributed by atoms with Crippen molar-refractivity contribution in [2.24, 2.45) is 0 Å². The lowest BCUT2D eigenvalue weighted by Crippen LogP contribution is -2.49. The van der Waals surface area contributed by atoms with Crippen molar-refractivity contribution < 1.29 is 4.57 Å². The molecule has 0 saturated carbocycles. The molecule has 0 fully saturated rings. The van der Waals surface area contributed by atoms with Crippen molar-refractivity contribution in [1.82, 2.24) is 15.0 Å². The van der Waals surface area contributed by atoms with Crippen LogP contribution >= 0.6 is 18.9 Å². The van der Waals surface area contributed by atoms with Gasteiger partial charge in [0.25, 0.3) is 0 Å². The van der Waals surface area contributed by atoms with Crippen LogP contribution in [0, 0.1) is 0 Å². The summed E-state index contributed by atoms with van der Waals surface area (Å²) in [5, 5.41) is 5.43. The van der Waals surface area contributed by atoms with E-state index in [4.69, 9.17) is 15.0 Å². The van der Waals surface area contributed by atoms with Gasteiger partial charge in [-0.1, -0.05) is 146 Å². The Morgan fingerprint density at radius 2 is 1.04 bits per heavy atom. The second kappa shape index (κ2) is 11.1. The predicted octanol–water partition coefficient (Wildman–Crippen LogP) is 7.78. The summed E-state index contributed by atoms with van der Waals surface area (Å²) in [4.78, 5) is 17.0. The van der Waals surface area contributed by atoms with Crippen LogP contribution in [0.1, 0.15) is 0 Å². The Bertz CT molecular complexity index is 2380. The molecular formula is C41H30N3OPSSi. The summed E-state index contributed by atoms with van der Waals surface area (Å²) in [5.74, 6) is 1.75. The maximum Gasteiger partial charge on any atom is 0.173 e. The van der Waals surface area contributed by atoms with E-state index in [0.717, 1.165) is 42.4 Å². The molecule has 48 heavy (non-hydrogen) atoms. The SMILES string of the molecule is C[Si]1(C)c2ccccc2-c2cc3c(cc21)Sc1ccc(-c2nc(-c4ccccc4)nc(-c4ccccc4)n2)cc1P3(=O)c1ccccc1. The van der Waals surface area contributed by atoms with Crippen molar-refractivity contribution in [3.8, 4) is 45.3 Å². The number of benzene rings is 6. The Labute approximate surface area is 285 Å². The molecule has 1 atom stereocenters. The van der Waals surface area contributed by atoms with Crippen molar-refractivity contribution >= 4 is 53.3 Å². The summed E-state index contributed by atoms with van der Waals surface area (Å²) in [5.41, 5.74) is 5.15. The van der Waals surface area contributed by atoms with Crippen LogP contribution in [0.2, 0.25) is 13.1 Å². The van der Waals surface area contributed by atoms with Gasteiger partial charge >= 0.3 is 0 Å². The minimum atomic E-state index is -3.30. The van der Waals surface area contributed by atoms with Gasteiger partial charge in [0.1, 0.15) is 8.07 Å². The van der Waals surface area contributed by atoms with Crippen molar-refractivity contribution in [1.29, 1.82) is 0 Å². The number of nitrogens with zero attached hydrogens (tertiary/aromatic N) is 3. The minimum Gasteiger partial charge on any atom is -0.309 e. The van der Waals surface area contributed by atoms with Crippen LogP contribution in [0.15, 0.2) is 155 Å². The lowest BCUT2D eigenvalue weighted by Gasteiger charge is -2.30. The van der Waals surface area contributed by atoms with E-state index < -0.39 is 15.2 Å². The van der Waals surface area contributed by atoms with Crippen LogP contribution < -0.4 is 26.3 Å². The highest BCUT2D eigenvalue weighted by molar-refractivity contribution is 8.02. The van der Waals surface area contributed by atoms with Gasteiger partial charge in [-0.15, -0.1) is 0 Å². The molecule has 4 nitrogen and oxygen atoms in total. The fourth-order valence-electron chi connectivity index (χ4n) is 7.14. The molecule has 7 heteroatoms. The Balaban J connectivity index is 1.26. The average Bonchev–Trinajstić information content (AvgIpc) is 3.37. The summed E-state index contributed by atoms with van der Waals surface area (Å²) >= 11 is 1.73. The molecular weight excluding hydrogens is 642 g/mol. The van der Waals surface area contributed by atoms with Crippen LogP contribution in [0.5, 0.6) is 0 Å². The molecule has 0 radical (unpaired) electrons. The predicted molar refractivity (Wildman–Crippen MR) is 202 cm³/mol. The molecule has 0 amide bonds. The van der Waals surface area contributed by atoms with E-state index in [2.05, 4.69) is 67.7 Å². The van der Waals surface area contributed by atoms with Crippen molar-refractivity contribution in [2.75, 3.05) is 0 Å². The van der Waals surface area contributed by atoms with Crippen molar-refractivity contribution in [3.63, 3.8) is 0 Å². The van der Waals surface area contributed by atoms with Gasteiger partial charge in [-0.3, -0.25) is 0 Å². The summed E-state index contributed by atoms with van der Waals surface area (Å²) in [6.45, 7) is 4.85. The number of hydrogen-bond donors (Lipinski definition) is 0. The topological polar surface area (TPSA) is 55.7 Å². The van der Waals surface area contributed by atoms with Gasteiger partial charge in [-0.25, -0.2) is 15.0 Å². The van der Waals surface area contributed by atoms with Crippen LogP contribution in [-0.4, -0.2) is 23.0 Å². The molecule has 2 aliphatic rings. The molecule has 1 aromatic heterocycles. The molecule has 2 aliphatic heterocycles. The second-order valence-electron chi connectivity index (χ2n) is 12.8. The molecule has 0 aliphatic carbocycles. The highest BCUT2D eigenvalue weighted by Gasteiger charge is 2.43. The van der Waals surface area contributed by atoms with Gasteiger partial charge in [0.05, 0.1) is 0 Å².